The van der Waals surface area contributed by atoms with Gasteiger partial charge in [0.1, 0.15) is 5.82 Å². The molecular weight excluding hydrogens is 299 g/mol. The monoisotopic (exact) mass is 308 g/mol. The molecule has 0 bridgehead atoms. The zero-order valence-electron chi connectivity index (χ0n) is 10.2. The van der Waals surface area contributed by atoms with Gasteiger partial charge in [0.25, 0.3) is 0 Å². The number of carbonyl (C=O) groups is 1. The van der Waals surface area contributed by atoms with Crippen LogP contribution in [0.5, 0.6) is 0 Å². The first-order chi connectivity index (χ1) is 9.56. The van der Waals surface area contributed by atoms with Gasteiger partial charge in [0.05, 0.1) is 5.92 Å². The number of nitrogen functional groups attached to an aromatic ring is 1. The topological polar surface area (TPSA) is 80.9 Å². The van der Waals surface area contributed by atoms with Gasteiger partial charge in [0.2, 0.25) is 11.9 Å². The van der Waals surface area contributed by atoms with Crippen molar-refractivity contribution >= 4 is 40.9 Å². The van der Waals surface area contributed by atoms with Crippen LogP contribution in [-0.4, -0.2) is 15.9 Å². The van der Waals surface area contributed by atoms with Crippen LogP contribution in [0.3, 0.4) is 0 Å². The van der Waals surface area contributed by atoms with Crippen LogP contribution in [0.2, 0.25) is 10.0 Å². The summed E-state index contributed by atoms with van der Waals surface area (Å²) in [4.78, 5) is 20.2. The van der Waals surface area contributed by atoms with Gasteiger partial charge in [-0.15, -0.1) is 0 Å². The van der Waals surface area contributed by atoms with Crippen LogP contribution >= 0.6 is 23.2 Å². The molecular formula is C13H10Cl2N4O. The van der Waals surface area contributed by atoms with E-state index in [1.807, 2.05) is 0 Å². The maximum absolute atomic E-state index is 12.2. The highest BCUT2D eigenvalue weighted by Gasteiger charge is 2.31. The van der Waals surface area contributed by atoms with Gasteiger partial charge in [0, 0.05) is 27.4 Å². The number of anilines is 2. The second kappa shape index (κ2) is 4.92. The van der Waals surface area contributed by atoms with E-state index in [-0.39, 0.29) is 11.9 Å². The molecule has 1 aromatic heterocycles. The minimum Gasteiger partial charge on any atom is -0.368 e. The maximum Gasteiger partial charge on any atom is 0.233 e. The summed E-state index contributed by atoms with van der Waals surface area (Å²) in [6, 6.07) is 5.17. The van der Waals surface area contributed by atoms with Crippen molar-refractivity contribution in [2.45, 2.75) is 12.3 Å². The minimum atomic E-state index is -0.462. The summed E-state index contributed by atoms with van der Waals surface area (Å²) in [7, 11) is 0. The van der Waals surface area contributed by atoms with E-state index >= 15 is 0 Å². The number of fused-ring (bicyclic) bond motifs is 1. The number of benzene rings is 1. The third kappa shape index (κ3) is 2.19. The van der Waals surface area contributed by atoms with Crippen molar-refractivity contribution in [2.75, 3.05) is 11.1 Å². The molecule has 1 aliphatic rings. The Morgan fingerprint density at radius 2 is 2.00 bits per heavy atom. The first kappa shape index (κ1) is 13.1. The SMILES string of the molecule is Nc1ncc2c(n1)NC(=O)C(c1c(Cl)cccc1Cl)C2. The van der Waals surface area contributed by atoms with Crippen LogP contribution < -0.4 is 11.1 Å². The summed E-state index contributed by atoms with van der Waals surface area (Å²) in [6.45, 7) is 0. The summed E-state index contributed by atoms with van der Waals surface area (Å²) in [6.07, 6.45) is 2.04. The van der Waals surface area contributed by atoms with Crippen LogP contribution in [0.1, 0.15) is 17.0 Å². The molecule has 0 radical (unpaired) electrons. The van der Waals surface area contributed by atoms with Gasteiger partial charge in [-0.25, -0.2) is 4.98 Å². The summed E-state index contributed by atoms with van der Waals surface area (Å²) in [5, 5.41) is 3.66. The fraction of sp³-hybridized carbons (Fsp3) is 0.154. The summed E-state index contributed by atoms with van der Waals surface area (Å²) >= 11 is 12.3. The Balaban J connectivity index is 2.05. The van der Waals surface area contributed by atoms with E-state index in [0.717, 1.165) is 5.56 Å². The zero-order valence-corrected chi connectivity index (χ0v) is 11.7. The molecule has 1 unspecified atom stereocenters. The lowest BCUT2D eigenvalue weighted by atomic mass is 9.89. The summed E-state index contributed by atoms with van der Waals surface area (Å²) in [5.74, 6) is -0.0956. The Morgan fingerprint density at radius 3 is 2.70 bits per heavy atom. The Labute approximate surface area is 125 Å². The third-order valence-corrected chi connectivity index (χ3v) is 3.87. The number of nitrogens with one attached hydrogen (secondary N) is 1. The van der Waals surface area contributed by atoms with Gasteiger partial charge in [-0.05, 0) is 18.6 Å². The molecule has 0 fully saturated rings. The summed E-state index contributed by atoms with van der Waals surface area (Å²) < 4.78 is 0. The normalized spacial score (nSPS) is 17.5. The smallest absolute Gasteiger partial charge is 0.233 e. The van der Waals surface area contributed by atoms with Crippen molar-refractivity contribution in [2.24, 2.45) is 0 Å². The van der Waals surface area contributed by atoms with E-state index in [1.165, 1.54) is 0 Å². The first-order valence-electron chi connectivity index (χ1n) is 5.92. The van der Waals surface area contributed by atoms with E-state index in [2.05, 4.69) is 15.3 Å². The van der Waals surface area contributed by atoms with Gasteiger partial charge in [-0.1, -0.05) is 29.3 Å². The molecule has 1 atom stereocenters. The van der Waals surface area contributed by atoms with Crippen LogP contribution in [0, 0.1) is 0 Å². The van der Waals surface area contributed by atoms with Gasteiger partial charge in [0.15, 0.2) is 0 Å². The zero-order chi connectivity index (χ0) is 14.3. The molecule has 20 heavy (non-hydrogen) atoms. The van der Waals surface area contributed by atoms with Crippen molar-refractivity contribution in [3.8, 4) is 0 Å². The average Bonchev–Trinajstić information content (AvgIpc) is 2.39. The fourth-order valence-electron chi connectivity index (χ4n) is 2.27. The number of nitrogens with two attached hydrogens (primary N) is 1. The molecule has 2 aromatic rings. The number of hydrogen-bond donors (Lipinski definition) is 2. The molecule has 102 valence electrons. The van der Waals surface area contributed by atoms with Gasteiger partial charge in [-0.2, -0.15) is 4.98 Å². The fourth-order valence-corrected chi connectivity index (χ4v) is 2.93. The van der Waals surface area contributed by atoms with E-state index in [4.69, 9.17) is 28.9 Å². The van der Waals surface area contributed by atoms with Crippen molar-refractivity contribution < 1.29 is 4.79 Å². The van der Waals surface area contributed by atoms with Crippen molar-refractivity contribution in [3.63, 3.8) is 0 Å². The van der Waals surface area contributed by atoms with Gasteiger partial charge >= 0.3 is 0 Å². The second-order valence-corrected chi connectivity index (χ2v) is 5.30. The molecule has 1 aromatic carbocycles. The lowest BCUT2D eigenvalue weighted by Crippen LogP contribution is -2.29. The lowest BCUT2D eigenvalue weighted by molar-refractivity contribution is -0.117. The number of hydrogen-bond acceptors (Lipinski definition) is 4. The predicted octanol–water partition coefficient (Wildman–Crippen LogP) is 2.64. The van der Waals surface area contributed by atoms with Crippen LogP contribution in [0.15, 0.2) is 24.4 Å². The molecule has 7 heteroatoms. The Morgan fingerprint density at radius 1 is 1.30 bits per heavy atom. The van der Waals surface area contributed by atoms with Crippen LogP contribution in [0.25, 0.3) is 0 Å². The van der Waals surface area contributed by atoms with E-state index < -0.39 is 5.92 Å². The number of carbonyl (C=O) groups excluding carboxylic acids is 1. The third-order valence-electron chi connectivity index (χ3n) is 3.21. The molecule has 0 spiro atoms. The molecule has 3 N–H and O–H groups in total. The lowest BCUT2D eigenvalue weighted by Gasteiger charge is -2.25. The van der Waals surface area contributed by atoms with Crippen LogP contribution in [-0.2, 0) is 11.2 Å². The highest BCUT2D eigenvalue weighted by atomic mass is 35.5. The molecule has 3 rings (SSSR count). The largest absolute Gasteiger partial charge is 0.368 e. The van der Waals surface area contributed by atoms with Crippen molar-refractivity contribution in [3.05, 3.63) is 45.6 Å². The van der Waals surface area contributed by atoms with Crippen molar-refractivity contribution in [1.82, 2.24) is 9.97 Å². The number of amides is 1. The Kier molecular flexibility index (Phi) is 3.23. The number of rotatable bonds is 1. The standard InChI is InChI=1S/C13H10Cl2N4O/c14-8-2-1-3-9(15)10(8)7-4-6-5-17-13(16)19-11(6)18-12(7)20/h1-3,5,7H,4H2,(H3,16,17,18,19,20). The Hall–Kier alpha value is -1.85. The van der Waals surface area contributed by atoms with Gasteiger partial charge < -0.3 is 11.1 Å². The van der Waals surface area contributed by atoms with E-state index in [9.17, 15) is 4.79 Å². The summed E-state index contributed by atoms with van der Waals surface area (Å²) in [5.41, 5.74) is 6.93. The molecule has 0 saturated carbocycles. The van der Waals surface area contributed by atoms with Crippen LogP contribution in [0.4, 0.5) is 11.8 Å². The number of aromatic nitrogens is 2. The molecule has 5 nitrogen and oxygen atoms in total. The average molecular weight is 309 g/mol. The molecule has 1 amide bonds. The second-order valence-electron chi connectivity index (χ2n) is 4.48. The van der Waals surface area contributed by atoms with Crippen molar-refractivity contribution in [1.29, 1.82) is 0 Å². The number of halogens is 2. The predicted molar refractivity (Wildman–Crippen MR) is 78.0 cm³/mol. The first-order valence-corrected chi connectivity index (χ1v) is 6.68. The molecule has 1 aliphatic heterocycles. The quantitative estimate of drug-likeness (QED) is 0.848. The minimum absolute atomic E-state index is 0.123. The molecule has 2 heterocycles. The van der Waals surface area contributed by atoms with E-state index in [0.29, 0.717) is 27.8 Å². The van der Waals surface area contributed by atoms with Gasteiger partial charge in [-0.3, -0.25) is 4.79 Å². The van der Waals surface area contributed by atoms with E-state index in [1.54, 1.807) is 24.4 Å². The molecule has 0 saturated heterocycles. The molecule has 0 aliphatic carbocycles. The highest BCUT2D eigenvalue weighted by Crippen LogP contribution is 2.37. The highest BCUT2D eigenvalue weighted by molar-refractivity contribution is 6.36. The Bertz CT molecular complexity index is 685. The number of nitrogens with zero attached hydrogens (tertiary/aromatic N) is 2. The maximum atomic E-state index is 12.2.